The van der Waals surface area contributed by atoms with Crippen LogP contribution in [0.4, 0.5) is 0 Å². The summed E-state index contributed by atoms with van der Waals surface area (Å²) in [7, 11) is 0. The fourth-order valence-electron chi connectivity index (χ4n) is 1.92. The van der Waals surface area contributed by atoms with Crippen LogP contribution in [0.2, 0.25) is 0 Å². The van der Waals surface area contributed by atoms with E-state index in [-0.39, 0.29) is 0 Å². The van der Waals surface area contributed by atoms with Crippen LogP contribution in [0.5, 0.6) is 0 Å². The van der Waals surface area contributed by atoms with E-state index in [1.165, 1.54) is 24.8 Å². The van der Waals surface area contributed by atoms with Crippen LogP contribution in [0.15, 0.2) is 35.5 Å². The summed E-state index contributed by atoms with van der Waals surface area (Å²) in [5.41, 5.74) is 3.05. The summed E-state index contributed by atoms with van der Waals surface area (Å²) >= 11 is 0. The zero-order valence-corrected chi connectivity index (χ0v) is 9.01. The topological polar surface area (TPSA) is 0 Å². The third kappa shape index (κ3) is 3.22. The first-order chi connectivity index (χ1) is 6.24. The van der Waals surface area contributed by atoms with Gasteiger partial charge in [0.15, 0.2) is 0 Å². The highest BCUT2D eigenvalue weighted by molar-refractivity contribution is 5.23. The van der Waals surface area contributed by atoms with E-state index in [1.807, 2.05) is 0 Å². The number of allylic oxidation sites excluding steroid dienone is 6. The first-order valence-corrected chi connectivity index (χ1v) is 5.21. The van der Waals surface area contributed by atoms with Crippen molar-refractivity contribution >= 4 is 0 Å². The van der Waals surface area contributed by atoms with Crippen molar-refractivity contribution in [2.24, 2.45) is 5.92 Å². The molecule has 1 fully saturated rings. The van der Waals surface area contributed by atoms with Crippen molar-refractivity contribution in [2.75, 3.05) is 0 Å². The zero-order valence-electron chi connectivity index (χ0n) is 9.01. The van der Waals surface area contributed by atoms with Crippen LogP contribution in [0.3, 0.4) is 0 Å². The Balaban J connectivity index is 2.69. The third-order valence-electron chi connectivity index (χ3n) is 2.49. The fourth-order valence-corrected chi connectivity index (χ4v) is 1.92. The first-order valence-electron chi connectivity index (χ1n) is 5.21. The predicted molar refractivity (Wildman–Crippen MR) is 59.7 cm³/mol. The van der Waals surface area contributed by atoms with Gasteiger partial charge in [-0.25, -0.2) is 0 Å². The van der Waals surface area contributed by atoms with Gasteiger partial charge in [-0.3, -0.25) is 0 Å². The van der Waals surface area contributed by atoms with E-state index >= 15 is 0 Å². The molecule has 0 N–H and O–H groups in total. The van der Waals surface area contributed by atoms with Gasteiger partial charge in [-0.1, -0.05) is 35.5 Å². The lowest BCUT2D eigenvalue weighted by atomic mass is 10.00. The maximum absolute atomic E-state index is 2.41. The minimum absolute atomic E-state index is 0.723. The molecule has 0 heteroatoms. The highest BCUT2D eigenvalue weighted by Gasteiger charge is 2.17. The normalized spacial score (nSPS) is 25.8. The second-order valence-electron chi connectivity index (χ2n) is 4.01. The smallest absolute Gasteiger partial charge is 0.00176 e. The summed E-state index contributed by atoms with van der Waals surface area (Å²) in [6.45, 7) is 6.44. The Kier molecular flexibility index (Phi) is 4.01. The molecule has 0 aromatic carbocycles. The Morgan fingerprint density at radius 3 is 2.77 bits per heavy atom. The van der Waals surface area contributed by atoms with Gasteiger partial charge >= 0.3 is 0 Å². The van der Waals surface area contributed by atoms with Crippen molar-refractivity contribution in [3.05, 3.63) is 35.5 Å². The van der Waals surface area contributed by atoms with E-state index in [4.69, 9.17) is 0 Å². The SMILES string of the molecule is C/C=C/C=C1\CCCC1C=C(C)C. The zero-order chi connectivity index (χ0) is 9.68. The van der Waals surface area contributed by atoms with Crippen molar-refractivity contribution in [2.45, 2.75) is 40.0 Å². The Morgan fingerprint density at radius 1 is 1.38 bits per heavy atom. The Morgan fingerprint density at radius 2 is 2.15 bits per heavy atom. The molecule has 0 spiro atoms. The largest absolute Gasteiger partial charge is 0.0877 e. The fraction of sp³-hybridized carbons (Fsp3) is 0.538. The summed E-state index contributed by atoms with van der Waals surface area (Å²) in [5.74, 6) is 0.723. The average Bonchev–Trinajstić information content (AvgIpc) is 2.48. The Labute approximate surface area is 82.0 Å². The van der Waals surface area contributed by atoms with Gasteiger partial charge in [0.2, 0.25) is 0 Å². The minimum atomic E-state index is 0.723. The van der Waals surface area contributed by atoms with E-state index in [0.717, 1.165) is 5.92 Å². The molecule has 1 atom stereocenters. The summed E-state index contributed by atoms with van der Waals surface area (Å²) in [6, 6.07) is 0. The molecule has 1 saturated carbocycles. The van der Waals surface area contributed by atoms with Crippen LogP contribution >= 0.6 is 0 Å². The molecule has 1 rings (SSSR count). The highest BCUT2D eigenvalue weighted by Crippen LogP contribution is 2.32. The molecular formula is C13H20. The average molecular weight is 176 g/mol. The molecule has 1 unspecified atom stereocenters. The summed E-state index contributed by atoms with van der Waals surface area (Å²) in [6.07, 6.45) is 12.9. The van der Waals surface area contributed by atoms with Gasteiger partial charge in [0, 0.05) is 0 Å². The third-order valence-corrected chi connectivity index (χ3v) is 2.49. The van der Waals surface area contributed by atoms with Gasteiger partial charge in [0.25, 0.3) is 0 Å². The number of rotatable bonds is 2. The van der Waals surface area contributed by atoms with Crippen molar-refractivity contribution in [1.82, 2.24) is 0 Å². The second-order valence-corrected chi connectivity index (χ2v) is 4.01. The molecule has 0 nitrogen and oxygen atoms in total. The van der Waals surface area contributed by atoms with Crippen LogP contribution in [0.25, 0.3) is 0 Å². The summed E-state index contributed by atoms with van der Waals surface area (Å²) < 4.78 is 0. The lowest BCUT2D eigenvalue weighted by Crippen LogP contribution is -1.91. The van der Waals surface area contributed by atoms with Crippen molar-refractivity contribution in [1.29, 1.82) is 0 Å². The van der Waals surface area contributed by atoms with Crippen LogP contribution in [-0.4, -0.2) is 0 Å². The Hall–Kier alpha value is -0.780. The molecule has 0 saturated heterocycles. The van der Waals surface area contributed by atoms with Gasteiger partial charge in [-0.05, 0) is 46.0 Å². The van der Waals surface area contributed by atoms with Crippen molar-refractivity contribution in [3.63, 3.8) is 0 Å². The molecule has 1 aliphatic carbocycles. The van der Waals surface area contributed by atoms with Crippen LogP contribution in [-0.2, 0) is 0 Å². The maximum Gasteiger partial charge on any atom is -0.00176 e. The van der Waals surface area contributed by atoms with E-state index in [0.29, 0.717) is 0 Å². The van der Waals surface area contributed by atoms with Gasteiger partial charge in [0.05, 0.1) is 0 Å². The monoisotopic (exact) mass is 176 g/mol. The van der Waals surface area contributed by atoms with Crippen molar-refractivity contribution < 1.29 is 0 Å². The minimum Gasteiger partial charge on any atom is -0.0877 e. The van der Waals surface area contributed by atoms with E-state index in [1.54, 1.807) is 5.57 Å². The second kappa shape index (κ2) is 5.06. The van der Waals surface area contributed by atoms with Gasteiger partial charge < -0.3 is 0 Å². The van der Waals surface area contributed by atoms with Gasteiger partial charge in [0.1, 0.15) is 0 Å². The molecule has 0 aliphatic heterocycles. The molecule has 13 heavy (non-hydrogen) atoms. The van der Waals surface area contributed by atoms with Gasteiger partial charge in [-0.15, -0.1) is 0 Å². The first kappa shape index (κ1) is 10.3. The predicted octanol–water partition coefficient (Wildman–Crippen LogP) is 4.26. The highest BCUT2D eigenvalue weighted by atomic mass is 14.2. The van der Waals surface area contributed by atoms with Crippen LogP contribution in [0.1, 0.15) is 40.0 Å². The lowest BCUT2D eigenvalue weighted by Gasteiger charge is -2.06. The van der Waals surface area contributed by atoms with E-state index < -0.39 is 0 Å². The molecule has 72 valence electrons. The van der Waals surface area contributed by atoms with Crippen molar-refractivity contribution in [3.8, 4) is 0 Å². The molecular weight excluding hydrogens is 156 g/mol. The quantitative estimate of drug-likeness (QED) is 0.552. The molecule has 0 radical (unpaired) electrons. The van der Waals surface area contributed by atoms with Gasteiger partial charge in [-0.2, -0.15) is 0 Å². The molecule has 0 bridgehead atoms. The van der Waals surface area contributed by atoms with E-state index in [9.17, 15) is 0 Å². The molecule has 0 amide bonds. The van der Waals surface area contributed by atoms with E-state index in [2.05, 4.69) is 45.1 Å². The molecule has 0 heterocycles. The lowest BCUT2D eigenvalue weighted by molar-refractivity contribution is 0.759. The van der Waals surface area contributed by atoms with Crippen LogP contribution < -0.4 is 0 Å². The molecule has 0 aromatic rings. The van der Waals surface area contributed by atoms with Crippen LogP contribution in [0, 0.1) is 5.92 Å². The number of hydrogen-bond acceptors (Lipinski definition) is 0. The standard InChI is InChI=1S/C13H20/c1-4-5-7-12-8-6-9-13(12)10-11(2)3/h4-5,7,10,13H,6,8-9H2,1-3H3/b5-4+,12-7+. The maximum atomic E-state index is 2.41. The summed E-state index contributed by atoms with van der Waals surface area (Å²) in [4.78, 5) is 0. The molecule has 1 aliphatic rings. The summed E-state index contributed by atoms with van der Waals surface area (Å²) in [5, 5.41) is 0. The molecule has 0 aromatic heterocycles. The number of hydrogen-bond donors (Lipinski definition) is 0. The Bertz CT molecular complexity index is 237.